The molecule has 2 heterocycles. The highest BCUT2D eigenvalue weighted by Crippen LogP contribution is 2.34. The summed E-state index contributed by atoms with van der Waals surface area (Å²) in [4.78, 5) is 0. The van der Waals surface area contributed by atoms with Gasteiger partial charge >= 0.3 is 0 Å². The van der Waals surface area contributed by atoms with Crippen molar-refractivity contribution in [2.45, 2.75) is 37.6 Å². The van der Waals surface area contributed by atoms with E-state index in [1.807, 2.05) is 7.11 Å². The van der Waals surface area contributed by atoms with Gasteiger partial charge in [0.1, 0.15) is 0 Å². The third-order valence-electron chi connectivity index (χ3n) is 3.93. The number of hydrogen-bond donors (Lipinski definition) is 1. The van der Waals surface area contributed by atoms with Gasteiger partial charge in [0.05, 0.1) is 6.61 Å². The molecule has 2 aliphatic heterocycles. The Morgan fingerprint density at radius 1 is 1.33 bits per heavy atom. The molecule has 0 aromatic heterocycles. The molecular formula is C12H23NO2. The van der Waals surface area contributed by atoms with Crippen LogP contribution >= 0.6 is 0 Å². The molecule has 2 saturated heterocycles. The van der Waals surface area contributed by atoms with Crippen molar-refractivity contribution in [1.82, 2.24) is 5.32 Å². The minimum Gasteiger partial charge on any atom is -0.383 e. The Kier molecular flexibility index (Phi) is 4.00. The summed E-state index contributed by atoms with van der Waals surface area (Å²) in [7, 11) is 1.82. The van der Waals surface area contributed by atoms with Crippen LogP contribution in [0.1, 0.15) is 32.1 Å². The van der Waals surface area contributed by atoms with Crippen LogP contribution in [-0.2, 0) is 9.47 Å². The van der Waals surface area contributed by atoms with E-state index in [0.717, 1.165) is 32.3 Å². The number of nitrogens with one attached hydrogen (secondary N) is 1. The fraction of sp³-hybridized carbons (Fsp3) is 1.00. The summed E-state index contributed by atoms with van der Waals surface area (Å²) in [6.07, 6.45) is 6.31. The van der Waals surface area contributed by atoms with E-state index in [4.69, 9.17) is 9.47 Å². The first-order valence-electron chi connectivity index (χ1n) is 6.19. The molecule has 0 saturated carbocycles. The second-order valence-electron chi connectivity index (χ2n) is 4.86. The van der Waals surface area contributed by atoms with Crippen molar-refractivity contribution < 1.29 is 9.47 Å². The first kappa shape index (κ1) is 11.4. The number of rotatable bonds is 3. The highest BCUT2D eigenvalue weighted by atomic mass is 16.5. The molecule has 2 fully saturated rings. The first-order valence-corrected chi connectivity index (χ1v) is 6.19. The molecule has 0 aliphatic carbocycles. The molecule has 0 bridgehead atoms. The number of methoxy groups -OCH3 is 1. The van der Waals surface area contributed by atoms with Gasteiger partial charge in [-0.05, 0) is 38.1 Å². The first-order chi connectivity index (χ1) is 7.37. The smallest absolute Gasteiger partial charge is 0.0647 e. The lowest BCUT2D eigenvalue weighted by Crippen LogP contribution is -2.58. The van der Waals surface area contributed by atoms with E-state index in [2.05, 4.69) is 5.32 Å². The van der Waals surface area contributed by atoms with Gasteiger partial charge in [-0.3, -0.25) is 0 Å². The van der Waals surface area contributed by atoms with Crippen LogP contribution < -0.4 is 5.32 Å². The van der Waals surface area contributed by atoms with Crippen molar-refractivity contribution in [1.29, 1.82) is 0 Å². The van der Waals surface area contributed by atoms with Gasteiger partial charge in [-0.15, -0.1) is 0 Å². The zero-order valence-electron chi connectivity index (χ0n) is 9.76. The van der Waals surface area contributed by atoms with Gasteiger partial charge < -0.3 is 14.8 Å². The van der Waals surface area contributed by atoms with Crippen molar-refractivity contribution in [3.63, 3.8) is 0 Å². The van der Waals surface area contributed by atoms with E-state index < -0.39 is 0 Å². The molecule has 1 atom stereocenters. The lowest BCUT2D eigenvalue weighted by Gasteiger charge is -2.45. The van der Waals surface area contributed by atoms with E-state index in [0.29, 0.717) is 0 Å². The summed E-state index contributed by atoms with van der Waals surface area (Å²) in [5.41, 5.74) is 0.247. The molecule has 0 aromatic rings. The molecule has 1 unspecified atom stereocenters. The van der Waals surface area contributed by atoms with Crippen LogP contribution in [0.5, 0.6) is 0 Å². The largest absolute Gasteiger partial charge is 0.383 e. The summed E-state index contributed by atoms with van der Waals surface area (Å²) in [6.45, 7) is 3.87. The lowest BCUT2D eigenvalue weighted by atomic mass is 9.74. The van der Waals surface area contributed by atoms with Crippen LogP contribution in [0.4, 0.5) is 0 Å². The van der Waals surface area contributed by atoms with Gasteiger partial charge in [-0.1, -0.05) is 6.42 Å². The Hall–Kier alpha value is -0.120. The zero-order valence-corrected chi connectivity index (χ0v) is 9.76. The summed E-state index contributed by atoms with van der Waals surface area (Å²) in [6, 6.07) is 0. The third kappa shape index (κ3) is 2.52. The summed E-state index contributed by atoms with van der Waals surface area (Å²) in [5, 5.41) is 3.72. The van der Waals surface area contributed by atoms with Crippen LogP contribution in [0.25, 0.3) is 0 Å². The molecule has 2 aliphatic rings. The molecule has 3 nitrogen and oxygen atoms in total. The standard InChI is InChI=1S/C12H23NO2/c1-14-10-12(6-2-3-7-13-12)11-4-8-15-9-5-11/h11,13H,2-10H2,1H3. The lowest BCUT2D eigenvalue weighted by molar-refractivity contribution is -0.0132. The van der Waals surface area contributed by atoms with Crippen molar-refractivity contribution in [3.05, 3.63) is 0 Å². The van der Waals surface area contributed by atoms with Gasteiger partial charge in [0.25, 0.3) is 0 Å². The van der Waals surface area contributed by atoms with Crippen molar-refractivity contribution in [3.8, 4) is 0 Å². The molecule has 0 amide bonds. The maximum atomic E-state index is 5.45. The molecule has 0 spiro atoms. The average Bonchev–Trinajstić information content (AvgIpc) is 2.32. The minimum atomic E-state index is 0.247. The quantitative estimate of drug-likeness (QED) is 0.772. The number of ether oxygens (including phenoxy) is 2. The maximum absolute atomic E-state index is 5.45. The average molecular weight is 213 g/mol. The Bertz CT molecular complexity index is 179. The van der Waals surface area contributed by atoms with E-state index in [-0.39, 0.29) is 5.54 Å². The fourth-order valence-corrected chi connectivity index (χ4v) is 3.09. The van der Waals surface area contributed by atoms with Crippen LogP contribution in [0.3, 0.4) is 0 Å². The summed E-state index contributed by atoms with van der Waals surface area (Å²) < 4.78 is 10.9. The van der Waals surface area contributed by atoms with Gasteiger partial charge in [0.15, 0.2) is 0 Å². The van der Waals surface area contributed by atoms with Crippen LogP contribution in [0, 0.1) is 5.92 Å². The second kappa shape index (κ2) is 5.28. The maximum Gasteiger partial charge on any atom is 0.0647 e. The third-order valence-corrected chi connectivity index (χ3v) is 3.93. The monoisotopic (exact) mass is 213 g/mol. The van der Waals surface area contributed by atoms with E-state index in [9.17, 15) is 0 Å². The molecule has 0 aromatic carbocycles. The Morgan fingerprint density at radius 2 is 2.13 bits per heavy atom. The van der Waals surface area contributed by atoms with E-state index in [1.54, 1.807) is 0 Å². The topological polar surface area (TPSA) is 30.5 Å². The van der Waals surface area contributed by atoms with Crippen LogP contribution in [0.2, 0.25) is 0 Å². The van der Waals surface area contributed by atoms with E-state index >= 15 is 0 Å². The van der Waals surface area contributed by atoms with Gasteiger partial charge in [-0.2, -0.15) is 0 Å². The molecule has 1 N–H and O–H groups in total. The summed E-state index contributed by atoms with van der Waals surface area (Å²) in [5.74, 6) is 0.742. The molecule has 0 radical (unpaired) electrons. The Labute approximate surface area is 92.5 Å². The number of piperidine rings is 1. The van der Waals surface area contributed by atoms with Crippen molar-refractivity contribution in [2.24, 2.45) is 5.92 Å². The number of hydrogen-bond acceptors (Lipinski definition) is 3. The van der Waals surface area contributed by atoms with Crippen LogP contribution in [0.15, 0.2) is 0 Å². The molecule has 2 rings (SSSR count). The Balaban J connectivity index is 2.01. The molecule has 3 heteroatoms. The van der Waals surface area contributed by atoms with Crippen molar-refractivity contribution in [2.75, 3.05) is 33.5 Å². The molecular weight excluding hydrogens is 190 g/mol. The Morgan fingerprint density at radius 3 is 2.73 bits per heavy atom. The molecule has 88 valence electrons. The predicted molar refractivity (Wildman–Crippen MR) is 60.0 cm³/mol. The van der Waals surface area contributed by atoms with Crippen molar-refractivity contribution >= 4 is 0 Å². The minimum absolute atomic E-state index is 0.247. The highest BCUT2D eigenvalue weighted by Gasteiger charge is 2.40. The van der Waals surface area contributed by atoms with Gasteiger partial charge in [0.2, 0.25) is 0 Å². The normalized spacial score (nSPS) is 34.2. The van der Waals surface area contributed by atoms with E-state index in [1.165, 1.54) is 32.1 Å². The second-order valence-corrected chi connectivity index (χ2v) is 4.86. The summed E-state index contributed by atoms with van der Waals surface area (Å²) >= 11 is 0. The fourth-order valence-electron chi connectivity index (χ4n) is 3.09. The van der Waals surface area contributed by atoms with Crippen LogP contribution in [-0.4, -0.2) is 39.0 Å². The highest BCUT2D eigenvalue weighted by molar-refractivity contribution is 4.97. The van der Waals surface area contributed by atoms with Gasteiger partial charge in [0, 0.05) is 25.9 Å². The zero-order chi connectivity index (χ0) is 10.6. The van der Waals surface area contributed by atoms with Gasteiger partial charge in [-0.25, -0.2) is 0 Å². The molecule has 15 heavy (non-hydrogen) atoms. The SMILES string of the molecule is COCC1(C2CCOCC2)CCCCN1. The predicted octanol–water partition coefficient (Wildman–Crippen LogP) is 1.57.